The Morgan fingerprint density at radius 2 is 2.05 bits per heavy atom. The SMILES string of the molecule is Cc1ccc(CN(C)C2(CC(=O)O)CCCCC2)o1. The summed E-state index contributed by atoms with van der Waals surface area (Å²) in [6.45, 7) is 2.61. The lowest BCUT2D eigenvalue weighted by atomic mass is 9.78. The van der Waals surface area contributed by atoms with Crippen LogP contribution in [0.3, 0.4) is 0 Å². The van der Waals surface area contributed by atoms with Crippen LogP contribution in [0.5, 0.6) is 0 Å². The van der Waals surface area contributed by atoms with E-state index in [2.05, 4.69) is 4.90 Å². The molecule has 1 aliphatic rings. The van der Waals surface area contributed by atoms with Gasteiger partial charge in [-0.15, -0.1) is 0 Å². The maximum atomic E-state index is 11.2. The number of nitrogens with zero attached hydrogens (tertiary/aromatic N) is 1. The van der Waals surface area contributed by atoms with Crippen LogP contribution in [0.1, 0.15) is 50.0 Å². The van der Waals surface area contributed by atoms with Crippen LogP contribution in [0.4, 0.5) is 0 Å². The lowest BCUT2D eigenvalue weighted by Crippen LogP contribution is -2.48. The van der Waals surface area contributed by atoms with E-state index in [0.29, 0.717) is 6.54 Å². The molecule has 2 rings (SSSR count). The normalized spacial score (nSPS) is 18.7. The number of hydrogen-bond acceptors (Lipinski definition) is 3. The fourth-order valence-electron chi connectivity index (χ4n) is 3.16. The Labute approximate surface area is 114 Å². The summed E-state index contributed by atoms with van der Waals surface area (Å²) in [7, 11) is 2.02. The van der Waals surface area contributed by atoms with Crippen LogP contribution in [-0.2, 0) is 11.3 Å². The predicted molar refractivity (Wildman–Crippen MR) is 73.0 cm³/mol. The second-order valence-corrected chi connectivity index (χ2v) is 5.72. The molecule has 4 nitrogen and oxygen atoms in total. The van der Waals surface area contributed by atoms with Gasteiger partial charge in [-0.3, -0.25) is 9.69 Å². The molecule has 0 unspecified atom stereocenters. The molecule has 0 aromatic carbocycles. The molecule has 0 spiro atoms. The minimum atomic E-state index is -0.704. The minimum Gasteiger partial charge on any atom is -0.481 e. The summed E-state index contributed by atoms with van der Waals surface area (Å²) in [4.78, 5) is 13.4. The molecule has 0 amide bonds. The molecule has 1 aromatic rings. The Hall–Kier alpha value is -1.29. The van der Waals surface area contributed by atoms with Gasteiger partial charge in [0.2, 0.25) is 0 Å². The average Bonchev–Trinajstić information content (AvgIpc) is 2.75. The van der Waals surface area contributed by atoms with E-state index >= 15 is 0 Å². The fourth-order valence-corrected chi connectivity index (χ4v) is 3.16. The van der Waals surface area contributed by atoms with Crippen molar-refractivity contribution >= 4 is 5.97 Å². The summed E-state index contributed by atoms with van der Waals surface area (Å²) in [5, 5.41) is 9.20. The van der Waals surface area contributed by atoms with Gasteiger partial charge in [-0.2, -0.15) is 0 Å². The first-order valence-corrected chi connectivity index (χ1v) is 7.00. The standard InChI is InChI=1S/C15H23NO3/c1-12-6-7-13(19-12)11-16(2)15(10-14(17)18)8-4-3-5-9-15/h6-7H,3-5,8-11H2,1-2H3,(H,17,18). The number of carboxylic acids is 1. The number of carbonyl (C=O) groups is 1. The molecule has 1 aliphatic carbocycles. The molecule has 0 bridgehead atoms. The van der Waals surface area contributed by atoms with Crippen LogP contribution >= 0.6 is 0 Å². The minimum absolute atomic E-state index is 0.204. The van der Waals surface area contributed by atoms with E-state index in [9.17, 15) is 9.90 Å². The number of hydrogen-bond donors (Lipinski definition) is 1. The first-order chi connectivity index (χ1) is 9.02. The molecule has 1 aromatic heterocycles. The van der Waals surface area contributed by atoms with Crippen molar-refractivity contribution in [1.82, 2.24) is 4.90 Å². The number of furan rings is 1. The molecule has 0 aliphatic heterocycles. The van der Waals surface area contributed by atoms with Gasteiger partial charge in [0.25, 0.3) is 0 Å². The zero-order valence-corrected chi connectivity index (χ0v) is 11.8. The van der Waals surface area contributed by atoms with Crippen molar-refractivity contribution in [3.8, 4) is 0 Å². The van der Waals surface area contributed by atoms with Crippen molar-refractivity contribution in [2.45, 2.75) is 57.5 Å². The maximum Gasteiger partial charge on any atom is 0.305 e. The number of carboxylic acid groups (broad SMARTS) is 1. The highest BCUT2D eigenvalue weighted by Gasteiger charge is 2.38. The van der Waals surface area contributed by atoms with E-state index in [1.807, 2.05) is 26.1 Å². The van der Waals surface area contributed by atoms with Crippen molar-refractivity contribution in [1.29, 1.82) is 0 Å². The third-order valence-corrected chi connectivity index (χ3v) is 4.26. The summed E-state index contributed by atoms with van der Waals surface area (Å²) in [6, 6.07) is 3.93. The van der Waals surface area contributed by atoms with E-state index in [-0.39, 0.29) is 12.0 Å². The van der Waals surface area contributed by atoms with Gasteiger partial charge < -0.3 is 9.52 Å². The lowest BCUT2D eigenvalue weighted by molar-refractivity contribution is -0.141. The molecule has 4 heteroatoms. The Kier molecular flexibility index (Phi) is 4.30. The van der Waals surface area contributed by atoms with Crippen LogP contribution in [0.15, 0.2) is 16.5 Å². The summed E-state index contributed by atoms with van der Waals surface area (Å²) in [5.41, 5.74) is -0.204. The van der Waals surface area contributed by atoms with Crippen molar-refractivity contribution in [2.24, 2.45) is 0 Å². The van der Waals surface area contributed by atoms with Gasteiger partial charge in [-0.25, -0.2) is 0 Å². The molecule has 106 valence electrons. The third-order valence-electron chi connectivity index (χ3n) is 4.26. The van der Waals surface area contributed by atoms with E-state index in [1.54, 1.807) is 0 Å². The highest BCUT2D eigenvalue weighted by atomic mass is 16.4. The van der Waals surface area contributed by atoms with Crippen molar-refractivity contribution in [3.63, 3.8) is 0 Å². The Bertz CT molecular complexity index is 432. The summed E-state index contributed by atoms with van der Waals surface area (Å²) in [6.07, 6.45) is 5.62. The van der Waals surface area contributed by atoms with E-state index < -0.39 is 5.97 Å². The van der Waals surface area contributed by atoms with Gasteiger partial charge in [0.1, 0.15) is 11.5 Å². The zero-order valence-electron chi connectivity index (χ0n) is 11.8. The molecular weight excluding hydrogens is 242 g/mol. The van der Waals surface area contributed by atoms with Gasteiger partial charge in [0.05, 0.1) is 13.0 Å². The van der Waals surface area contributed by atoms with Gasteiger partial charge in [-0.05, 0) is 38.9 Å². The topological polar surface area (TPSA) is 53.7 Å². The fraction of sp³-hybridized carbons (Fsp3) is 0.667. The Morgan fingerprint density at radius 1 is 1.37 bits per heavy atom. The molecular formula is C15H23NO3. The van der Waals surface area contributed by atoms with Gasteiger partial charge in [0.15, 0.2) is 0 Å². The number of aryl methyl sites for hydroxylation is 1. The van der Waals surface area contributed by atoms with Gasteiger partial charge >= 0.3 is 5.97 Å². The molecule has 0 radical (unpaired) electrons. The molecule has 19 heavy (non-hydrogen) atoms. The number of rotatable bonds is 5. The predicted octanol–water partition coefficient (Wildman–Crippen LogP) is 3.20. The molecule has 1 heterocycles. The van der Waals surface area contributed by atoms with Crippen LogP contribution in [-0.4, -0.2) is 28.6 Å². The summed E-state index contributed by atoms with van der Waals surface area (Å²) < 4.78 is 5.61. The largest absolute Gasteiger partial charge is 0.481 e. The maximum absolute atomic E-state index is 11.2. The van der Waals surface area contributed by atoms with Crippen molar-refractivity contribution in [3.05, 3.63) is 23.7 Å². The monoisotopic (exact) mass is 265 g/mol. The second kappa shape index (κ2) is 5.78. The average molecular weight is 265 g/mol. The van der Waals surface area contributed by atoms with Gasteiger partial charge in [-0.1, -0.05) is 19.3 Å². The van der Waals surface area contributed by atoms with Crippen LogP contribution in [0.2, 0.25) is 0 Å². The van der Waals surface area contributed by atoms with Crippen LogP contribution < -0.4 is 0 Å². The van der Waals surface area contributed by atoms with Crippen LogP contribution in [0, 0.1) is 6.92 Å². The summed E-state index contributed by atoms with van der Waals surface area (Å²) in [5.74, 6) is 1.11. The first kappa shape index (κ1) is 14.1. The molecule has 0 atom stereocenters. The van der Waals surface area contributed by atoms with E-state index in [0.717, 1.165) is 37.2 Å². The Morgan fingerprint density at radius 3 is 2.58 bits per heavy atom. The van der Waals surface area contributed by atoms with E-state index in [1.165, 1.54) is 6.42 Å². The highest BCUT2D eigenvalue weighted by molar-refractivity contribution is 5.68. The van der Waals surface area contributed by atoms with E-state index in [4.69, 9.17) is 4.42 Å². The number of aliphatic carboxylic acids is 1. The van der Waals surface area contributed by atoms with Crippen molar-refractivity contribution in [2.75, 3.05) is 7.05 Å². The second-order valence-electron chi connectivity index (χ2n) is 5.72. The molecule has 1 N–H and O–H groups in total. The molecule has 1 saturated carbocycles. The molecule has 0 saturated heterocycles. The smallest absolute Gasteiger partial charge is 0.305 e. The lowest BCUT2D eigenvalue weighted by Gasteiger charge is -2.43. The first-order valence-electron chi connectivity index (χ1n) is 7.00. The zero-order chi connectivity index (χ0) is 13.9. The van der Waals surface area contributed by atoms with Gasteiger partial charge in [0, 0.05) is 5.54 Å². The van der Waals surface area contributed by atoms with Crippen molar-refractivity contribution < 1.29 is 14.3 Å². The Balaban J connectivity index is 2.10. The van der Waals surface area contributed by atoms with Crippen LogP contribution in [0.25, 0.3) is 0 Å². The third kappa shape index (κ3) is 3.38. The quantitative estimate of drug-likeness (QED) is 0.888. The summed E-state index contributed by atoms with van der Waals surface area (Å²) >= 11 is 0. The molecule has 1 fully saturated rings. The highest BCUT2D eigenvalue weighted by Crippen LogP contribution is 2.36.